The van der Waals surface area contributed by atoms with E-state index in [9.17, 15) is 0 Å². The van der Waals surface area contributed by atoms with Crippen molar-refractivity contribution in [2.24, 2.45) is 0 Å². The van der Waals surface area contributed by atoms with Crippen LogP contribution in [0.4, 0.5) is 5.69 Å². The number of methoxy groups -OCH3 is 1. The number of benzene rings is 2. The molecular formula is C17H22N2O. The van der Waals surface area contributed by atoms with Crippen molar-refractivity contribution in [2.45, 2.75) is 19.5 Å². The summed E-state index contributed by atoms with van der Waals surface area (Å²) in [6, 6.07) is 16.5. The van der Waals surface area contributed by atoms with Crippen LogP contribution in [0.1, 0.15) is 24.1 Å². The zero-order valence-electron chi connectivity index (χ0n) is 12.3. The first-order valence-corrected chi connectivity index (χ1v) is 6.79. The molecule has 0 radical (unpaired) electrons. The molecule has 0 spiro atoms. The number of hydrogen-bond acceptors (Lipinski definition) is 3. The average molecular weight is 270 g/mol. The van der Waals surface area contributed by atoms with Crippen LogP contribution in [0, 0.1) is 0 Å². The van der Waals surface area contributed by atoms with Gasteiger partial charge in [-0.05, 0) is 37.7 Å². The van der Waals surface area contributed by atoms with Crippen molar-refractivity contribution in [3.8, 4) is 5.75 Å². The van der Waals surface area contributed by atoms with Gasteiger partial charge in [0.15, 0.2) is 0 Å². The average Bonchev–Trinajstić information content (AvgIpc) is 2.48. The first kappa shape index (κ1) is 14.4. The van der Waals surface area contributed by atoms with Crippen molar-refractivity contribution in [1.82, 2.24) is 4.90 Å². The Kier molecular flexibility index (Phi) is 4.64. The molecule has 0 saturated carbocycles. The Bertz CT molecular complexity index is 551. The molecule has 0 amide bonds. The summed E-state index contributed by atoms with van der Waals surface area (Å²) >= 11 is 0. The minimum atomic E-state index is 0.320. The van der Waals surface area contributed by atoms with Crippen molar-refractivity contribution in [3.05, 3.63) is 59.7 Å². The predicted molar refractivity (Wildman–Crippen MR) is 83.7 cm³/mol. The smallest absolute Gasteiger partial charge is 0.123 e. The maximum absolute atomic E-state index is 5.73. The van der Waals surface area contributed by atoms with Gasteiger partial charge in [0, 0.05) is 23.8 Å². The second-order valence-corrected chi connectivity index (χ2v) is 5.07. The fourth-order valence-corrected chi connectivity index (χ4v) is 2.27. The summed E-state index contributed by atoms with van der Waals surface area (Å²) in [5, 5.41) is 0. The zero-order chi connectivity index (χ0) is 14.5. The van der Waals surface area contributed by atoms with Gasteiger partial charge in [-0.25, -0.2) is 0 Å². The number of nitrogens with zero attached hydrogens (tertiary/aromatic N) is 1. The van der Waals surface area contributed by atoms with E-state index in [0.717, 1.165) is 18.0 Å². The summed E-state index contributed by atoms with van der Waals surface area (Å²) in [5.74, 6) is 0.934. The van der Waals surface area contributed by atoms with Crippen LogP contribution >= 0.6 is 0 Å². The van der Waals surface area contributed by atoms with E-state index in [2.05, 4.69) is 37.1 Å². The standard InChI is InChI=1S/C17H22N2O/c1-13(14-8-10-16(18)11-9-14)19(2)12-15-6-4-5-7-17(15)20-3/h4-11,13H,12,18H2,1-3H3. The van der Waals surface area contributed by atoms with Crippen LogP contribution in [-0.4, -0.2) is 19.1 Å². The fraction of sp³-hybridized carbons (Fsp3) is 0.294. The molecule has 1 atom stereocenters. The molecule has 0 heterocycles. The van der Waals surface area contributed by atoms with E-state index in [1.165, 1.54) is 11.1 Å². The molecule has 0 aliphatic heterocycles. The first-order chi connectivity index (χ1) is 9.61. The van der Waals surface area contributed by atoms with Crippen LogP contribution < -0.4 is 10.5 Å². The lowest BCUT2D eigenvalue weighted by Gasteiger charge is -2.26. The van der Waals surface area contributed by atoms with Crippen molar-refractivity contribution in [2.75, 3.05) is 19.9 Å². The van der Waals surface area contributed by atoms with Crippen LogP contribution in [0.3, 0.4) is 0 Å². The molecule has 2 rings (SSSR count). The van der Waals surface area contributed by atoms with Crippen LogP contribution in [0.2, 0.25) is 0 Å². The van der Waals surface area contributed by atoms with Gasteiger partial charge in [-0.15, -0.1) is 0 Å². The number of hydrogen-bond donors (Lipinski definition) is 1. The van der Waals surface area contributed by atoms with Gasteiger partial charge >= 0.3 is 0 Å². The molecule has 0 aliphatic carbocycles. The largest absolute Gasteiger partial charge is 0.496 e. The predicted octanol–water partition coefficient (Wildman–Crippen LogP) is 3.47. The highest BCUT2D eigenvalue weighted by molar-refractivity contribution is 5.40. The molecule has 3 nitrogen and oxygen atoms in total. The number of para-hydroxylation sites is 1. The van der Waals surface area contributed by atoms with Gasteiger partial charge in [0.25, 0.3) is 0 Å². The third kappa shape index (κ3) is 3.31. The Hall–Kier alpha value is -2.00. The molecule has 0 saturated heterocycles. The SMILES string of the molecule is COc1ccccc1CN(C)C(C)c1ccc(N)cc1. The zero-order valence-corrected chi connectivity index (χ0v) is 12.3. The third-order valence-corrected chi connectivity index (χ3v) is 3.69. The Morgan fingerprint density at radius 2 is 1.75 bits per heavy atom. The quantitative estimate of drug-likeness (QED) is 0.845. The molecule has 0 bridgehead atoms. The van der Waals surface area contributed by atoms with Gasteiger partial charge < -0.3 is 10.5 Å². The highest BCUT2D eigenvalue weighted by atomic mass is 16.5. The Morgan fingerprint density at radius 3 is 2.40 bits per heavy atom. The van der Waals surface area contributed by atoms with Crippen molar-refractivity contribution < 1.29 is 4.74 Å². The van der Waals surface area contributed by atoms with E-state index < -0.39 is 0 Å². The minimum absolute atomic E-state index is 0.320. The van der Waals surface area contributed by atoms with E-state index in [1.54, 1.807) is 7.11 Å². The summed E-state index contributed by atoms with van der Waals surface area (Å²) in [4.78, 5) is 2.30. The summed E-state index contributed by atoms with van der Waals surface area (Å²) in [5.41, 5.74) is 8.99. The van der Waals surface area contributed by atoms with Gasteiger partial charge in [-0.1, -0.05) is 30.3 Å². The molecular weight excluding hydrogens is 248 g/mol. The number of rotatable bonds is 5. The van der Waals surface area contributed by atoms with Gasteiger partial charge in [0.1, 0.15) is 5.75 Å². The lowest BCUT2D eigenvalue weighted by atomic mass is 10.1. The Labute approximate surface area is 121 Å². The molecule has 1 unspecified atom stereocenters. The lowest BCUT2D eigenvalue weighted by molar-refractivity contribution is 0.249. The number of anilines is 1. The molecule has 0 aliphatic rings. The molecule has 0 aromatic heterocycles. The molecule has 106 valence electrons. The number of nitrogens with two attached hydrogens (primary N) is 1. The van der Waals surface area contributed by atoms with Gasteiger partial charge in [-0.3, -0.25) is 4.90 Å². The minimum Gasteiger partial charge on any atom is -0.496 e. The van der Waals surface area contributed by atoms with E-state index in [1.807, 2.05) is 30.3 Å². The van der Waals surface area contributed by atoms with E-state index in [0.29, 0.717) is 6.04 Å². The normalized spacial score (nSPS) is 12.4. The highest BCUT2D eigenvalue weighted by Crippen LogP contribution is 2.25. The molecule has 20 heavy (non-hydrogen) atoms. The number of ether oxygens (including phenoxy) is 1. The number of nitrogen functional groups attached to an aromatic ring is 1. The van der Waals surface area contributed by atoms with Gasteiger partial charge in [0.05, 0.1) is 7.11 Å². The van der Waals surface area contributed by atoms with Crippen LogP contribution in [0.15, 0.2) is 48.5 Å². The first-order valence-electron chi connectivity index (χ1n) is 6.79. The molecule has 3 heteroatoms. The highest BCUT2D eigenvalue weighted by Gasteiger charge is 2.13. The third-order valence-electron chi connectivity index (χ3n) is 3.69. The maximum Gasteiger partial charge on any atom is 0.123 e. The van der Waals surface area contributed by atoms with Crippen molar-refractivity contribution in [1.29, 1.82) is 0 Å². The van der Waals surface area contributed by atoms with E-state index in [4.69, 9.17) is 10.5 Å². The van der Waals surface area contributed by atoms with Crippen LogP contribution in [0.25, 0.3) is 0 Å². The molecule has 2 aromatic rings. The Balaban J connectivity index is 2.11. The summed E-state index contributed by atoms with van der Waals surface area (Å²) in [6.45, 7) is 3.04. The van der Waals surface area contributed by atoms with Crippen molar-refractivity contribution in [3.63, 3.8) is 0 Å². The van der Waals surface area contributed by atoms with Gasteiger partial charge in [-0.2, -0.15) is 0 Å². The van der Waals surface area contributed by atoms with Crippen LogP contribution in [0.5, 0.6) is 5.75 Å². The Morgan fingerprint density at radius 1 is 1.10 bits per heavy atom. The maximum atomic E-state index is 5.73. The van der Waals surface area contributed by atoms with E-state index >= 15 is 0 Å². The van der Waals surface area contributed by atoms with Crippen molar-refractivity contribution >= 4 is 5.69 Å². The molecule has 0 fully saturated rings. The lowest BCUT2D eigenvalue weighted by Crippen LogP contribution is -2.22. The van der Waals surface area contributed by atoms with Gasteiger partial charge in [0.2, 0.25) is 0 Å². The molecule has 2 aromatic carbocycles. The monoisotopic (exact) mass is 270 g/mol. The summed E-state index contributed by atoms with van der Waals surface area (Å²) in [6.07, 6.45) is 0. The summed E-state index contributed by atoms with van der Waals surface area (Å²) in [7, 11) is 3.83. The van der Waals surface area contributed by atoms with E-state index in [-0.39, 0.29) is 0 Å². The van der Waals surface area contributed by atoms with Crippen LogP contribution in [-0.2, 0) is 6.54 Å². The topological polar surface area (TPSA) is 38.5 Å². The second kappa shape index (κ2) is 6.44. The molecule has 2 N–H and O–H groups in total. The fourth-order valence-electron chi connectivity index (χ4n) is 2.27. The summed E-state index contributed by atoms with van der Waals surface area (Å²) < 4.78 is 5.40. The second-order valence-electron chi connectivity index (χ2n) is 5.07.